The summed E-state index contributed by atoms with van der Waals surface area (Å²) in [6, 6.07) is 12.1. The fourth-order valence-electron chi connectivity index (χ4n) is 2.68. The lowest BCUT2D eigenvalue weighted by molar-refractivity contribution is 0.0941. The van der Waals surface area contributed by atoms with Crippen molar-refractivity contribution < 1.29 is 13.7 Å². The lowest BCUT2D eigenvalue weighted by Crippen LogP contribution is -2.27. The average molecular weight is 350 g/mol. The number of aryl methyl sites for hydroxylation is 1. The quantitative estimate of drug-likeness (QED) is 0.605. The highest BCUT2D eigenvalue weighted by molar-refractivity contribution is 5.93. The molecule has 0 saturated carbocycles. The Bertz CT molecular complexity index is 1140. The summed E-state index contributed by atoms with van der Waals surface area (Å²) < 4.78 is 11.6. The molecule has 0 atom stereocenters. The molecule has 1 aromatic carbocycles. The van der Waals surface area contributed by atoms with Crippen molar-refractivity contribution in [3.05, 3.63) is 70.5 Å². The summed E-state index contributed by atoms with van der Waals surface area (Å²) in [5.41, 5.74) is 0.534. The number of aromatic nitrogens is 3. The molecule has 3 aromatic heterocycles. The number of furan rings is 1. The van der Waals surface area contributed by atoms with E-state index in [2.05, 4.69) is 15.6 Å². The number of nitrogens with zero attached hydrogens (tertiary/aromatic N) is 3. The highest BCUT2D eigenvalue weighted by Gasteiger charge is 2.16. The molecule has 26 heavy (non-hydrogen) atoms. The predicted molar refractivity (Wildman–Crippen MR) is 92.4 cm³/mol. The van der Waals surface area contributed by atoms with E-state index in [1.807, 2.05) is 6.07 Å². The van der Waals surface area contributed by atoms with Crippen molar-refractivity contribution >= 4 is 16.7 Å². The Morgan fingerprint density at radius 2 is 1.96 bits per heavy atom. The molecule has 0 aliphatic heterocycles. The smallest absolute Gasteiger partial charge is 0.274 e. The Morgan fingerprint density at radius 3 is 2.73 bits per heavy atom. The van der Waals surface area contributed by atoms with Crippen molar-refractivity contribution in [1.29, 1.82) is 0 Å². The number of nitrogens with one attached hydrogen (secondary N) is 1. The third kappa shape index (κ3) is 2.77. The number of carbonyl (C=O) groups excluding carboxylic acids is 1. The van der Waals surface area contributed by atoms with Crippen LogP contribution in [-0.2, 0) is 13.6 Å². The first-order chi connectivity index (χ1) is 12.6. The second-order valence-corrected chi connectivity index (χ2v) is 5.66. The maximum absolute atomic E-state index is 12.3. The molecule has 0 unspecified atom stereocenters. The fourth-order valence-corrected chi connectivity index (χ4v) is 2.68. The number of amides is 1. The van der Waals surface area contributed by atoms with Crippen LogP contribution in [0.3, 0.4) is 0 Å². The van der Waals surface area contributed by atoms with Gasteiger partial charge in [0.25, 0.3) is 11.5 Å². The lowest BCUT2D eigenvalue weighted by Gasteiger charge is -2.08. The average Bonchev–Trinajstić information content (AvgIpc) is 3.34. The molecule has 4 rings (SSSR count). The lowest BCUT2D eigenvalue weighted by atomic mass is 10.1. The van der Waals surface area contributed by atoms with E-state index in [0.29, 0.717) is 28.0 Å². The van der Waals surface area contributed by atoms with Crippen molar-refractivity contribution in [2.75, 3.05) is 0 Å². The SMILES string of the molecule is Cn1nc(CNC(=O)c2cc(-c3ccco3)on2)c2ccccc2c1=O. The molecule has 0 radical (unpaired) electrons. The van der Waals surface area contributed by atoms with Gasteiger partial charge in [-0.25, -0.2) is 4.68 Å². The third-order valence-corrected chi connectivity index (χ3v) is 3.96. The summed E-state index contributed by atoms with van der Waals surface area (Å²) in [4.78, 5) is 24.5. The van der Waals surface area contributed by atoms with Crippen molar-refractivity contribution in [2.45, 2.75) is 6.54 Å². The van der Waals surface area contributed by atoms with E-state index < -0.39 is 5.91 Å². The Labute approximate surface area is 147 Å². The molecular formula is C18H14N4O4. The molecule has 0 saturated heterocycles. The molecule has 1 amide bonds. The van der Waals surface area contributed by atoms with E-state index in [1.54, 1.807) is 37.4 Å². The molecule has 130 valence electrons. The van der Waals surface area contributed by atoms with Crippen molar-refractivity contribution in [3.8, 4) is 11.5 Å². The van der Waals surface area contributed by atoms with Crippen molar-refractivity contribution in [3.63, 3.8) is 0 Å². The van der Waals surface area contributed by atoms with Crippen LogP contribution in [0.15, 0.2) is 62.5 Å². The molecule has 0 aliphatic rings. The van der Waals surface area contributed by atoms with Gasteiger partial charge in [0.2, 0.25) is 5.76 Å². The van der Waals surface area contributed by atoms with Gasteiger partial charge in [-0.2, -0.15) is 5.10 Å². The molecular weight excluding hydrogens is 336 g/mol. The van der Waals surface area contributed by atoms with Crippen LogP contribution in [0.5, 0.6) is 0 Å². The highest BCUT2D eigenvalue weighted by atomic mass is 16.5. The first-order valence-electron chi connectivity index (χ1n) is 7.87. The topological polar surface area (TPSA) is 103 Å². The summed E-state index contributed by atoms with van der Waals surface area (Å²) in [6.45, 7) is 0.149. The fraction of sp³-hybridized carbons (Fsp3) is 0.111. The largest absolute Gasteiger partial charge is 0.461 e. The van der Waals surface area contributed by atoms with E-state index in [-0.39, 0.29) is 17.8 Å². The van der Waals surface area contributed by atoms with E-state index in [1.165, 1.54) is 17.0 Å². The van der Waals surface area contributed by atoms with Gasteiger partial charge in [-0.05, 0) is 18.2 Å². The number of benzene rings is 1. The van der Waals surface area contributed by atoms with Gasteiger partial charge in [0.1, 0.15) is 0 Å². The number of hydrogen-bond donors (Lipinski definition) is 1. The van der Waals surface area contributed by atoms with E-state index in [0.717, 1.165) is 0 Å². The van der Waals surface area contributed by atoms with Crippen LogP contribution >= 0.6 is 0 Å². The minimum atomic E-state index is -0.411. The monoisotopic (exact) mass is 350 g/mol. The number of rotatable bonds is 4. The van der Waals surface area contributed by atoms with E-state index >= 15 is 0 Å². The van der Waals surface area contributed by atoms with Gasteiger partial charge in [0, 0.05) is 18.5 Å². The zero-order valence-corrected chi connectivity index (χ0v) is 13.8. The van der Waals surface area contributed by atoms with E-state index in [4.69, 9.17) is 8.94 Å². The maximum Gasteiger partial charge on any atom is 0.274 e. The Kier molecular flexibility index (Phi) is 3.85. The van der Waals surface area contributed by atoms with E-state index in [9.17, 15) is 9.59 Å². The summed E-state index contributed by atoms with van der Waals surface area (Å²) in [5.74, 6) is 0.444. The molecule has 4 aromatic rings. The molecule has 0 fully saturated rings. The van der Waals surface area contributed by atoms with Gasteiger partial charge in [-0.3, -0.25) is 9.59 Å². The zero-order chi connectivity index (χ0) is 18.1. The van der Waals surface area contributed by atoms with Gasteiger partial charge >= 0.3 is 0 Å². The minimum Gasteiger partial charge on any atom is -0.461 e. The molecule has 1 N–H and O–H groups in total. The van der Waals surface area contributed by atoms with Crippen molar-refractivity contribution in [2.24, 2.45) is 7.05 Å². The van der Waals surface area contributed by atoms with Gasteiger partial charge in [0.15, 0.2) is 11.5 Å². The molecule has 3 heterocycles. The van der Waals surface area contributed by atoms with Crippen LogP contribution in [0, 0.1) is 0 Å². The normalized spacial score (nSPS) is 11.0. The molecule has 8 heteroatoms. The summed E-state index contributed by atoms with van der Waals surface area (Å²) in [6.07, 6.45) is 1.51. The summed E-state index contributed by atoms with van der Waals surface area (Å²) >= 11 is 0. The Hall–Kier alpha value is -3.68. The number of hydrogen-bond acceptors (Lipinski definition) is 6. The molecule has 0 spiro atoms. The third-order valence-electron chi connectivity index (χ3n) is 3.96. The molecule has 0 aliphatic carbocycles. The van der Waals surface area contributed by atoms with Crippen LogP contribution in [-0.4, -0.2) is 20.8 Å². The van der Waals surface area contributed by atoms with Gasteiger partial charge in [-0.15, -0.1) is 0 Å². The Morgan fingerprint density at radius 1 is 1.15 bits per heavy atom. The van der Waals surface area contributed by atoms with Crippen LogP contribution in [0.1, 0.15) is 16.2 Å². The molecule has 0 bridgehead atoms. The highest BCUT2D eigenvalue weighted by Crippen LogP contribution is 2.20. The second-order valence-electron chi connectivity index (χ2n) is 5.66. The summed E-state index contributed by atoms with van der Waals surface area (Å²) in [7, 11) is 1.58. The first kappa shape index (κ1) is 15.8. The van der Waals surface area contributed by atoms with Crippen LogP contribution in [0.2, 0.25) is 0 Å². The Balaban J connectivity index is 1.56. The number of fused-ring (bicyclic) bond motifs is 1. The second kappa shape index (κ2) is 6.32. The van der Waals surface area contributed by atoms with Gasteiger partial charge < -0.3 is 14.3 Å². The van der Waals surface area contributed by atoms with Crippen LogP contribution in [0.25, 0.3) is 22.3 Å². The van der Waals surface area contributed by atoms with Crippen LogP contribution in [0.4, 0.5) is 0 Å². The maximum atomic E-state index is 12.3. The first-order valence-corrected chi connectivity index (χ1v) is 7.87. The minimum absolute atomic E-state index is 0.130. The number of carbonyl (C=O) groups is 1. The van der Waals surface area contributed by atoms with Crippen molar-refractivity contribution in [1.82, 2.24) is 20.3 Å². The van der Waals surface area contributed by atoms with Crippen LogP contribution < -0.4 is 10.9 Å². The predicted octanol–water partition coefficient (Wildman–Crippen LogP) is 2.11. The van der Waals surface area contributed by atoms with Gasteiger partial charge in [-0.1, -0.05) is 23.4 Å². The van der Waals surface area contributed by atoms with Gasteiger partial charge in [0.05, 0.1) is 23.9 Å². The standard InChI is InChI=1S/C18H14N4O4/c1-22-18(24)12-6-3-2-5-11(12)14(20-22)10-19-17(23)13-9-16(26-21-13)15-7-4-8-25-15/h2-9H,10H2,1H3,(H,19,23). The summed E-state index contributed by atoms with van der Waals surface area (Å²) in [5, 5.41) is 12.0. The zero-order valence-electron chi connectivity index (χ0n) is 13.8. The molecule has 8 nitrogen and oxygen atoms in total.